The molecule has 4 aromatic rings. The molecular weight excluding hydrogens is 688 g/mol. The van der Waals surface area contributed by atoms with E-state index in [1.54, 1.807) is 0 Å². The molecule has 7 heteroatoms. The zero-order chi connectivity index (χ0) is 35.3. The predicted octanol–water partition coefficient (Wildman–Crippen LogP) is 6.32. The van der Waals surface area contributed by atoms with Gasteiger partial charge < -0.3 is 31.4 Å². The number of anilines is 1. The smallest absolute Gasteiger partial charge is 0.372 e. The Morgan fingerprint density at radius 3 is 2.00 bits per heavy atom. The molecule has 0 atom stereocenters. The van der Waals surface area contributed by atoms with Gasteiger partial charge in [-0.2, -0.15) is 4.58 Å². The van der Waals surface area contributed by atoms with Crippen LogP contribution in [0.1, 0.15) is 65.5 Å². The van der Waals surface area contributed by atoms with Crippen molar-refractivity contribution in [1.82, 2.24) is 0 Å². The van der Waals surface area contributed by atoms with Crippen molar-refractivity contribution < 1.29 is 40.6 Å². The number of carbonyl (C=O) groups excluding carboxylic acids is 2. The van der Waals surface area contributed by atoms with Gasteiger partial charge in [-0.1, -0.05) is 74.5 Å². The third-order valence-electron chi connectivity index (χ3n) is 9.68. The van der Waals surface area contributed by atoms with Gasteiger partial charge in [-0.3, -0.25) is 4.79 Å². The first kappa shape index (κ1) is 38.3. The number of hydrogen-bond acceptors (Lipinski definition) is 5. The first-order chi connectivity index (χ1) is 23.6. The van der Waals surface area contributed by atoms with Crippen LogP contribution in [-0.2, 0) is 29.9 Å². The van der Waals surface area contributed by atoms with E-state index < -0.39 is 0 Å². The van der Waals surface area contributed by atoms with Crippen molar-refractivity contribution in [3.05, 3.63) is 121 Å². The number of allylic oxidation sites excluding steroid dienone is 4. The lowest BCUT2D eigenvalue weighted by Gasteiger charge is -2.27. The molecule has 4 aromatic carbocycles. The number of halogens is 1. The Morgan fingerprint density at radius 1 is 0.780 bits per heavy atom. The SMILES string of the molecule is C=C.CCOC(=O)CCCN1/C(=C\C=C\C2=[N+](CC(=O)OCC)c3ccc4ccccc4c3C2(C)C)C(C)(C)c2c1ccc1ccccc21.[Br-]. The summed E-state index contributed by atoms with van der Waals surface area (Å²) in [5, 5.41) is 4.83. The number of benzene rings is 4. The standard InChI is InChI=1S/C41H45N2O4.C2H4.BrH/c1-7-46-36(44)21-14-26-42-32-24-22-28-15-9-11-17-30(28)38(32)40(3,4)34(42)19-13-20-35-41(5,6)39-31-18-12-10-16-29(31)23-25-33(39)43(35)27-37(45)47-8-2;1-2;/h9-13,15-20,22-25H,7-8,14,21,26-27H2,1-6H3;1-2H2;1H/q+1;;/p-1. The molecule has 0 saturated carbocycles. The van der Waals surface area contributed by atoms with Crippen LogP contribution in [0.25, 0.3) is 21.5 Å². The number of ether oxygens (including phenoxy) is 2. The van der Waals surface area contributed by atoms with Crippen LogP contribution in [-0.4, -0.2) is 48.5 Å². The summed E-state index contributed by atoms with van der Waals surface area (Å²) in [5.41, 5.74) is 6.28. The lowest BCUT2D eigenvalue weighted by Crippen LogP contribution is -3.00. The fourth-order valence-electron chi connectivity index (χ4n) is 7.66. The lowest BCUT2D eigenvalue weighted by atomic mass is 9.79. The van der Waals surface area contributed by atoms with Crippen molar-refractivity contribution in [2.24, 2.45) is 0 Å². The van der Waals surface area contributed by atoms with Gasteiger partial charge in [-0.25, -0.2) is 4.79 Å². The van der Waals surface area contributed by atoms with Gasteiger partial charge in [0.1, 0.15) is 0 Å². The first-order valence-corrected chi connectivity index (χ1v) is 17.3. The molecule has 0 N–H and O–H groups in total. The molecule has 0 aliphatic carbocycles. The van der Waals surface area contributed by atoms with E-state index in [0.717, 1.165) is 11.4 Å². The number of hydrogen-bond donors (Lipinski definition) is 0. The molecular formula is C43H49BrN2O4. The van der Waals surface area contributed by atoms with Crippen LogP contribution in [0.5, 0.6) is 0 Å². The van der Waals surface area contributed by atoms with E-state index in [1.807, 2.05) is 13.8 Å². The van der Waals surface area contributed by atoms with Crippen LogP contribution in [0.3, 0.4) is 0 Å². The highest BCUT2D eigenvalue weighted by molar-refractivity contribution is 6.08. The summed E-state index contributed by atoms with van der Waals surface area (Å²) >= 11 is 0. The first-order valence-electron chi connectivity index (χ1n) is 17.3. The molecule has 0 amide bonds. The van der Waals surface area contributed by atoms with Crippen LogP contribution >= 0.6 is 0 Å². The number of carbonyl (C=O) groups is 2. The van der Waals surface area contributed by atoms with E-state index in [2.05, 4.69) is 141 Å². The summed E-state index contributed by atoms with van der Waals surface area (Å²) in [6.45, 7) is 20.3. The molecule has 0 radical (unpaired) electrons. The Morgan fingerprint density at radius 2 is 1.36 bits per heavy atom. The summed E-state index contributed by atoms with van der Waals surface area (Å²) in [6, 6.07) is 25.7. The Balaban J connectivity index is 0.00000184. The molecule has 0 bridgehead atoms. The van der Waals surface area contributed by atoms with E-state index in [-0.39, 0.29) is 46.3 Å². The largest absolute Gasteiger partial charge is 1.00 e. The summed E-state index contributed by atoms with van der Waals surface area (Å²) in [5.74, 6) is -0.413. The summed E-state index contributed by atoms with van der Waals surface area (Å²) < 4.78 is 12.8. The van der Waals surface area contributed by atoms with Gasteiger partial charge >= 0.3 is 11.9 Å². The zero-order valence-electron chi connectivity index (χ0n) is 30.2. The van der Waals surface area contributed by atoms with Gasteiger partial charge in [0.2, 0.25) is 12.2 Å². The maximum Gasteiger partial charge on any atom is 0.372 e. The van der Waals surface area contributed by atoms with Crippen molar-refractivity contribution in [3.63, 3.8) is 0 Å². The molecule has 0 spiro atoms. The zero-order valence-corrected chi connectivity index (χ0v) is 31.8. The van der Waals surface area contributed by atoms with Gasteiger partial charge in [0.15, 0.2) is 5.71 Å². The van der Waals surface area contributed by atoms with E-state index in [0.29, 0.717) is 32.6 Å². The molecule has 2 aliphatic heterocycles. The fraction of sp³-hybridized carbons (Fsp3) is 0.326. The van der Waals surface area contributed by atoms with E-state index >= 15 is 0 Å². The molecule has 0 aromatic heterocycles. The van der Waals surface area contributed by atoms with Gasteiger partial charge in [-0.05, 0) is 79.4 Å². The maximum absolute atomic E-state index is 12.9. The number of nitrogens with zero attached hydrogens (tertiary/aromatic N) is 2. The second-order valence-corrected chi connectivity index (χ2v) is 13.4. The van der Waals surface area contributed by atoms with Gasteiger partial charge in [0.25, 0.3) is 0 Å². The van der Waals surface area contributed by atoms with E-state index in [4.69, 9.17) is 9.47 Å². The fourth-order valence-corrected chi connectivity index (χ4v) is 7.66. The van der Waals surface area contributed by atoms with Crippen molar-refractivity contribution >= 4 is 50.6 Å². The number of rotatable bonds is 10. The molecule has 0 saturated heterocycles. The normalized spacial score (nSPS) is 16.2. The van der Waals surface area contributed by atoms with E-state index in [9.17, 15) is 9.59 Å². The maximum atomic E-state index is 12.9. The minimum Gasteiger partial charge on any atom is -1.00 e. The Hall–Kier alpha value is -4.49. The molecule has 6 nitrogen and oxygen atoms in total. The Labute approximate surface area is 307 Å². The Kier molecular flexibility index (Phi) is 12.3. The summed E-state index contributed by atoms with van der Waals surface area (Å²) in [4.78, 5) is 27.5. The van der Waals surface area contributed by atoms with Crippen LogP contribution in [0.2, 0.25) is 0 Å². The third kappa shape index (κ3) is 7.06. The minimum absolute atomic E-state index is 0. The van der Waals surface area contributed by atoms with Gasteiger partial charge in [0.05, 0.1) is 18.6 Å². The molecule has 6 rings (SSSR count). The predicted molar refractivity (Wildman–Crippen MR) is 202 cm³/mol. The second-order valence-electron chi connectivity index (χ2n) is 13.4. The lowest BCUT2D eigenvalue weighted by molar-refractivity contribution is -0.428. The molecule has 262 valence electrons. The quantitative estimate of drug-likeness (QED) is 0.108. The van der Waals surface area contributed by atoms with Gasteiger partial charge in [-0.15, -0.1) is 13.2 Å². The highest BCUT2D eigenvalue weighted by Gasteiger charge is 2.46. The molecule has 0 unspecified atom stereocenters. The monoisotopic (exact) mass is 736 g/mol. The van der Waals surface area contributed by atoms with Crippen LogP contribution in [0, 0.1) is 0 Å². The van der Waals surface area contributed by atoms with Crippen LogP contribution in [0.4, 0.5) is 11.4 Å². The molecule has 2 aliphatic rings. The number of esters is 2. The summed E-state index contributed by atoms with van der Waals surface area (Å²) in [6.07, 6.45) is 7.56. The minimum atomic E-state index is -0.360. The highest BCUT2D eigenvalue weighted by Crippen LogP contribution is 2.51. The van der Waals surface area contributed by atoms with Crippen LogP contribution in [0.15, 0.2) is 110 Å². The van der Waals surface area contributed by atoms with E-state index in [1.165, 1.54) is 44.1 Å². The molecule has 2 heterocycles. The third-order valence-corrected chi connectivity index (χ3v) is 9.68. The van der Waals surface area contributed by atoms with Crippen molar-refractivity contribution in [2.75, 3.05) is 31.2 Å². The van der Waals surface area contributed by atoms with Crippen molar-refractivity contribution in [2.45, 2.75) is 65.2 Å². The molecule has 50 heavy (non-hydrogen) atoms. The topological polar surface area (TPSA) is 58.8 Å². The summed E-state index contributed by atoms with van der Waals surface area (Å²) in [7, 11) is 0. The second kappa shape index (κ2) is 16.0. The van der Waals surface area contributed by atoms with Crippen molar-refractivity contribution in [1.29, 1.82) is 0 Å². The Bertz CT molecular complexity index is 1990. The molecule has 0 fully saturated rings. The van der Waals surface area contributed by atoms with Crippen LogP contribution < -0.4 is 21.9 Å². The highest BCUT2D eigenvalue weighted by atomic mass is 79.9. The number of fused-ring (bicyclic) bond motifs is 6. The van der Waals surface area contributed by atoms with Crippen molar-refractivity contribution in [3.8, 4) is 0 Å². The average molecular weight is 738 g/mol. The average Bonchev–Trinajstić information content (AvgIpc) is 3.44. The van der Waals surface area contributed by atoms with Gasteiger partial charge in [0, 0.05) is 47.5 Å².